The molecule has 7 nitrogen and oxygen atoms in total. The summed E-state index contributed by atoms with van der Waals surface area (Å²) in [6.07, 6.45) is 2.10. The molecule has 1 saturated carbocycles. The summed E-state index contributed by atoms with van der Waals surface area (Å²) in [6.45, 7) is -0.302. The second-order valence-corrected chi connectivity index (χ2v) is 11.8. The second-order valence-electron chi connectivity index (χ2n) is 7.73. The van der Waals surface area contributed by atoms with Gasteiger partial charge in [0, 0.05) is 17.5 Å². The molecular weight excluding hydrogens is 400 g/mol. The highest BCUT2D eigenvalue weighted by Gasteiger charge is 2.44. The number of nitrogens with zero attached hydrogens (tertiary/aromatic N) is 2. The van der Waals surface area contributed by atoms with Crippen molar-refractivity contribution in [2.75, 3.05) is 22.4 Å². The predicted octanol–water partition coefficient (Wildman–Crippen LogP) is 1.53. The minimum Gasteiger partial charge on any atom is -0.334 e. The molecule has 0 aromatic heterocycles. The first-order valence-electron chi connectivity index (χ1n) is 9.34. The van der Waals surface area contributed by atoms with Gasteiger partial charge >= 0.3 is 0 Å². The number of anilines is 1. The third-order valence-electron chi connectivity index (χ3n) is 5.79. The number of sulfonamides is 1. The van der Waals surface area contributed by atoms with E-state index in [0.29, 0.717) is 17.5 Å². The summed E-state index contributed by atoms with van der Waals surface area (Å²) in [5, 5.41) is 1.45. The number of sulfone groups is 1. The largest absolute Gasteiger partial charge is 0.334 e. The van der Waals surface area contributed by atoms with E-state index in [2.05, 4.69) is 0 Å². The zero-order valence-corrected chi connectivity index (χ0v) is 16.7. The first-order valence-corrected chi connectivity index (χ1v) is 12.6. The lowest BCUT2D eigenvalue weighted by molar-refractivity contribution is -0.132. The summed E-state index contributed by atoms with van der Waals surface area (Å²) in [7, 11) is -6.94. The van der Waals surface area contributed by atoms with E-state index < -0.39 is 19.9 Å². The van der Waals surface area contributed by atoms with Crippen LogP contribution in [0, 0.1) is 0 Å². The lowest BCUT2D eigenvalue weighted by Gasteiger charge is -2.30. The third kappa shape index (κ3) is 2.71. The SMILES string of the molecule is O=C(CN1c2cccc3cccc(c23)S1(=O)=O)N(C1CC1)[C@@H]1CCS(=O)(=O)C1. The molecule has 2 aromatic rings. The number of hydrogen-bond donors (Lipinski definition) is 0. The van der Waals surface area contributed by atoms with Crippen LogP contribution in [0.2, 0.25) is 0 Å². The van der Waals surface area contributed by atoms with Gasteiger partial charge in [0.2, 0.25) is 5.91 Å². The van der Waals surface area contributed by atoms with Crippen LogP contribution in [0.25, 0.3) is 10.8 Å². The van der Waals surface area contributed by atoms with Gasteiger partial charge in [-0.15, -0.1) is 0 Å². The standard InChI is InChI=1S/C19H20N2O5S2/c22-18(21(14-7-8-14)15-9-10-27(23,24)12-15)11-20-16-5-1-3-13-4-2-6-17(19(13)16)28(20,25)26/h1-6,14-15H,7-12H2/t15-/m1/s1. The first kappa shape index (κ1) is 17.9. The van der Waals surface area contributed by atoms with Crippen LogP contribution in [-0.4, -0.2) is 57.8 Å². The van der Waals surface area contributed by atoms with Gasteiger partial charge in [-0.05, 0) is 36.8 Å². The fourth-order valence-electron chi connectivity index (χ4n) is 4.39. The van der Waals surface area contributed by atoms with Crippen LogP contribution in [0.15, 0.2) is 41.3 Å². The fraction of sp³-hybridized carbons (Fsp3) is 0.421. The lowest BCUT2D eigenvalue weighted by atomic mass is 10.1. The van der Waals surface area contributed by atoms with Crippen molar-refractivity contribution < 1.29 is 21.6 Å². The van der Waals surface area contributed by atoms with Crippen molar-refractivity contribution in [2.24, 2.45) is 0 Å². The Labute approximate surface area is 163 Å². The molecule has 9 heteroatoms. The van der Waals surface area contributed by atoms with E-state index in [1.54, 1.807) is 29.2 Å². The molecule has 0 radical (unpaired) electrons. The normalized spacial score (nSPS) is 24.6. The fourth-order valence-corrected chi connectivity index (χ4v) is 7.76. The summed E-state index contributed by atoms with van der Waals surface area (Å²) < 4.78 is 51.1. The van der Waals surface area contributed by atoms with Gasteiger partial charge in [0.25, 0.3) is 10.0 Å². The van der Waals surface area contributed by atoms with Gasteiger partial charge in [-0.3, -0.25) is 9.10 Å². The smallest absolute Gasteiger partial charge is 0.265 e. The molecule has 2 fully saturated rings. The average molecular weight is 421 g/mol. The number of carbonyl (C=O) groups excluding carboxylic acids is 1. The van der Waals surface area contributed by atoms with E-state index in [-0.39, 0.29) is 40.9 Å². The summed E-state index contributed by atoms with van der Waals surface area (Å²) in [6, 6.07) is 10.1. The molecule has 0 unspecified atom stereocenters. The van der Waals surface area contributed by atoms with Crippen molar-refractivity contribution in [1.29, 1.82) is 0 Å². The van der Waals surface area contributed by atoms with Gasteiger partial charge in [-0.2, -0.15) is 0 Å². The molecule has 2 aromatic carbocycles. The summed E-state index contributed by atoms with van der Waals surface area (Å²) >= 11 is 0. The van der Waals surface area contributed by atoms with Crippen molar-refractivity contribution in [3.63, 3.8) is 0 Å². The molecule has 0 N–H and O–H groups in total. The maximum Gasteiger partial charge on any atom is 0.265 e. The molecule has 3 aliphatic rings. The van der Waals surface area contributed by atoms with Gasteiger partial charge in [0.05, 0.1) is 22.1 Å². The van der Waals surface area contributed by atoms with Crippen molar-refractivity contribution in [1.82, 2.24) is 4.90 Å². The van der Waals surface area contributed by atoms with Crippen molar-refractivity contribution in [2.45, 2.75) is 36.2 Å². The highest BCUT2D eigenvalue weighted by atomic mass is 32.2. The Morgan fingerprint density at radius 1 is 1.00 bits per heavy atom. The minimum absolute atomic E-state index is 0.0225. The van der Waals surface area contributed by atoms with Crippen LogP contribution in [0.5, 0.6) is 0 Å². The molecule has 2 heterocycles. The van der Waals surface area contributed by atoms with Crippen molar-refractivity contribution >= 4 is 42.2 Å². The summed E-state index contributed by atoms with van der Waals surface area (Å²) in [5.41, 5.74) is 0.510. The zero-order chi connectivity index (χ0) is 19.7. The van der Waals surface area contributed by atoms with Crippen LogP contribution >= 0.6 is 0 Å². The molecule has 1 amide bonds. The molecule has 0 spiro atoms. The number of rotatable bonds is 4. The van der Waals surface area contributed by atoms with Crippen molar-refractivity contribution in [3.8, 4) is 0 Å². The quantitative estimate of drug-likeness (QED) is 0.748. The maximum atomic E-state index is 13.2. The lowest BCUT2D eigenvalue weighted by Crippen LogP contribution is -2.48. The first-order chi connectivity index (χ1) is 13.3. The van der Waals surface area contributed by atoms with Gasteiger partial charge < -0.3 is 4.90 Å². The Balaban J connectivity index is 1.49. The highest BCUT2D eigenvalue weighted by molar-refractivity contribution is 7.93. The monoisotopic (exact) mass is 420 g/mol. The Morgan fingerprint density at radius 3 is 2.36 bits per heavy atom. The predicted molar refractivity (Wildman–Crippen MR) is 105 cm³/mol. The molecule has 1 saturated heterocycles. The Morgan fingerprint density at radius 2 is 1.71 bits per heavy atom. The molecule has 28 heavy (non-hydrogen) atoms. The molecule has 1 aliphatic carbocycles. The number of amides is 1. The van der Waals surface area contributed by atoms with Crippen LogP contribution in [0.3, 0.4) is 0 Å². The van der Waals surface area contributed by atoms with Crippen molar-refractivity contribution in [3.05, 3.63) is 36.4 Å². The second kappa shape index (κ2) is 5.93. The number of benzene rings is 2. The topological polar surface area (TPSA) is 91.8 Å². The molecule has 2 aliphatic heterocycles. The molecular formula is C19H20N2O5S2. The molecule has 5 rings (SSSR count). The highest BCUT2D eigenvalue weighted by Crippen LogP contribution is 2.42. The van der Waals surface area contributed by atoms with Crippen LogP contribution in [0.4, 0.5) is 5.69 Å². The van der Waals surface area contributed by atoms with E-state index in [1.165, 1.54) is 4.31 Å². The van der Waals surface area contributed by atoms with E-state index in [1.807, 2.05) is 12.1 Å². The molecule has 1 atom stereocenters. The number of carbonyl (C=O) groups is 1. The zero-order valence-electron chi connectivity index (χ0n) is 15.1. The van der Waals surface area contributed by atoms with E-state index in [9.17, 15) is 21.6 Å². The minimum atomic E-state index is -3.81. The van der Waals surface area contributed by atoms with E-state index in [4.69, 9.17) is 0 Å². The number of hydrogen-bond acceptors (Lipinski definition) is 5. The van der Waals surface area contributed by atoms with Crippen LogP contribution in [-0.2, 0) is 24.7 Å². The van der Waals surface area contributed by atoms with E-state index in [0.717, 1.165) is 18.2 Å². The van der Waals surface area contributed by atoms with Gasteiger partial charge in [0.1, 0.15) is 6.54 Å². The summed E-state index contributed by atoms with van der Waals surface area (Å²) in [5.74, 6) is -0.267. The van der Waals surface area contributed by atoms with Crippen LogP contribution in [0.1, 0.15) is 19.3 Å². The Hall–Kier alpha value is -2.13. The molecule has 148 valence electrons. The van der Waals surface area contributed by atoms with Crippen LogP contribution < -0.4 is 4.31 Å². The Bertz CT molecular complexity index is 1200. The van der Waals surface area contributed by atoms with Gasteiger partial charge in [0.15, 0.2) is 9.84 Å². The summed E-state index contributed by atoms with van der Waals surface area (Å²) in [4.78, 5) is 15.0. The molecule has 0 bridgehead atoms. The average Bonchev–Trinajstić information content (AvgIpc) is 3.37. The van der Waals surface area contributed by atoms with Gasteiger partial charge in [-0.1, -0.05) is 24.3 Å². The van der Waals surface area contributed by atoms with Gasteiger partial charge in [-0.25, -0.2) is 16.8 Å². The van der Waals surface area contributed by atoms with E-state index >= 15 is 0 Å². The third-order valence-corrected chi connectivity index (χ3v) is 9.34. The maximum absolute atomic E-state index is 13.2. The Kier molecular flexibility index (Phi) is 3.80.